The van der Waals surface area contributed by atoms with E-state index in [4.69, 9.17) is 25.8 Å². The monoisotopic (exact) mass is 472 g/mol. The minimum atomic E-state index is -0.666. The molecular formula is C25H29ClN2O5. The number of urea groups is 1. The highest BCUT2D eigenvalue weighted by molar-refractivity contribution is 6.30. The second-order valence-electron chi connectivity index (χ2n) is 7.45. The number of amides is 2. The van der Waals surface area contributed by atoms with E-state index in [0.29, 0.717) is 53.0 Å². The van der Waals surface area contributed by atoms with E-state index >= 15 is 0 Å². The Kier molecular flexibility index (Phi) is 8.60. The fraction of sp³-hybridized carbons (Fsp3) is 0.360. The summed E-state index contributed by atoms with van der Waals surface area (Å²) in [6.45, 7) is 6.60. The number of benzene rings is 2. The second kappa shape index (κ2) is 11.6. The predicted octanol–water partition coefficient (Wildman–Crippen LogP) is 5.29. The predicted molar refractivity (Wildman–Crippen MR) is 126 cm³/mol. The Morgan fingerprint density at radius 2 is 1.85 bits per heavy atom. The first-order valence-corrected chi connectivity index (χ1v) is 11.5. The lowest BCUT2D eigenvalue weighted by molar-refractivity contribution is -0.139. The smallest absolute Gasteiger partial charge is 0.338 e. The number of carbonyl (C=O) groups is 2. The van der Waals surface area contributed by atoms with Crippen molar-refractivity contribution in [3.8, 4) is 11.5 Å². The minimum Gasteiger partial charge on any atom is -0.490 e. The number of halogens is 1. The molecule has 0 radical (unpaired) electrons. The summed E-state index contributed by atoms with van der Waals surface area (Å²) < 4.78 is 17.1. The van der Waals surface area contributed by atoms with Crippen LogP contribution in [0.3, 0.4) is 0 Å². The van der Waals surface area contributed by atoms with Gasteiger partial charge in [-0.3, -0.25) is 0 Å². The highest BCUT2D eigenvalue weighted by atomic mass is 35.5. The maximum Gasteiger partial charge on any atom is 0.338 e. The van der Waals surface area contributed by atoms with Crippen molar-refractivity contribution in [2.24, 2.45) is 0 Å². The number of hydrogen-bond donors (Lipinski definition) is 2. The summed E-state index contributed by atoms with van der Waals surface area (Å²) in [5, 5.41) is 6.24. The molecule has 176 valence electrons. The van der Waals surface area contributed by atoms with Gasteiger partial charge in [-0.25, -0.2) is 9.59 Å². The molecule has 0 aromatic heterocycles. The van der Waals surface area contributed by atoms with Crippen molar-refractivity contribution in [3.63, 3.8) is 0 Å². The standard InChI is InChI=1S/C25H29ClN2O5/c1-4-8-19-22(24(29)32-6-3)23(28-25(30)27-19)17-11-12-20(21(14-17)31-5-2)33-15-16-9-7-10-18(26)13-16/h7,9-14,23H,4-6,8,15H2,1-3H3,(H2,27,28,30). The van der Waals surface area contributed by atoms with Gasteiger partial charge in [0.15, 0.2) is 11.5 Å². The third kappa shape index (κ3) is 6.20. The Bertz CT molecular complexity index is 1040. The lowest BCUT2D eigenvalue weighted by Gasteiger charge is -2.29. The van der Waals surface area contributed by atoms with Crippen LogP contribution in [-0.2, 0) is 16.1 Å². The zero-order chi connectivity index (χ0) is 23.8. The van der Waals surface area contributed by atoms with E-state index in [0.717, 1.165) is 12.0 Å². The molecule has 0 saturated carbocycles. The fourth-order valence-corrected chi connectivity index (χ4v) is 3.86. The number of carbonyl (C=O) groups excluding carboxylic acids is 2. The van der Waals surface area contributed by atoms with Crippen LogP contribution in [0.2, 0.25) is 5.02 Å². The molecule has 2 aromatic rings. The van der Waals surface area contributed by atoms with Crippen molar-refractivity contribution in [3.05, 3.63) is 69.9 Å². The number of esters is 1. The van der Waals surface area contributed by atoms with Crippen LogP contribution in [0, 0.1) is 0 Å². The average molecular weight is 473 g/mol. The molecule has 1 aliphatic heterocycles. The molecule has 1 heterocycles. The largest absolute Gasteiger partial charge is 0.490 e. The van der Waals surface area contributed by atoms with Gasteiger partial charge in [-0.1, -0.05) is 43.1 Å². The third-order valence-corrected chi connectivity index (χ3v) is 5.27. The van der Waals surface area contributed by atoms with Gasteiger partial charge in [-0.05, 0) is 55.7 Å². The molecule has 1 unspecified atom stereocenters. The molecule has 2 aromatic carbocycles. The summed E-state index contributed by atoms with van der Waals surface area (Å²) in [7, 11) is 0. The van der Waals surface area contributed by atoms with Gasteiger partial charge in [0.1, 0.15) is 6.61 Å². The average Bonchev–Trinajstić information content (AvgIpc) is 2.78. The lowest BCUT2D eigenvalue weighted by atomic mass is 9.93. The molecule has 2 N–H and O–H groups in total. The number of rotatable bonds is 10. The fourth-order valence-electron chi connectivity index (χ4n) is 3.64. The molecule has 1 atom stereocenters. The zero-order valence-electron chi connectivity index (χ0n) is 19.1. The molecule has 3 rings (SSSR count). The Morgan fingerprint density at radius 3 is 2.55 bits per heavy atom. The molecule has 2 amide bonds. The summed E-state index contributed by atoms with van der Waals surface area (Å²) in [6.07, 6.45) is 1.32. The van der Waals surface area contributed by atoms with Crippen molar-refractivity contribution < 1.29 is 23.8 Å². The Labute approximate surface area is 199 Å². The van der Waals surface area contributed by atoms with Gasteiger partial charge in [0.05, 0.1) is 24.8 Å². The van der Waals surface area contributed by atoms with Crippen LogP contribution in [0.15, 0.2) is 53.7 Å². The topological polar surface area (TPSA) is 85.9 Å². The molecule has 7 nitrogen and oxygen atoms in total. The number of nitrogens with one attached hydrogen (secondary N) is 2. The molecule has 0 aliphatic carbocycles. The van der Waals surface area contributed by atoms with E-state index in [-0.39, 0.29) is 12.6 Å². The van der Waals surface area contributed by atoms with E-state index < -0.39 is 12.0 Å². The summed E-state index contributed by atoms with van der Waals surface area (Å²) in [6, 6.07) is 11.8. The lowest BCUT2D eigenvalue weighted by Crippen LogP contribution is -2.46. The first-order chi connectivity index (χ1) is 16.0. The van der Waals surface area contributed by atoms with E-state index in [2.05, 4.69) is 10.6 Å². The van der Waals surface area contributed by atoms with Crippen LogP contribution in [0.25, 0.3) is 0 Å². The van der Waals surface area contributed by atoms with Crippen molar-refractivity contribution in [1.82, 2.24) is 10.6 Å². The summed E-state index contributed by atoms with van der Waals surface area (Å²) in [5.74, 6) is 0.610. The van der Waals surface area contributed by atoms with Crippen molar-refractivity contribution in [2.45, 2.75) is 46.3 Å². The molecule has 8 heteroatoms. The van der Waals surface area contributed by atoms with Gasteiger partial charge in [0.25, 0.3) is 0 Å². The minimum absolute atomic E-state index is 0.239. The van der Waals surface area contributed by atoms with Gasteiger partial charge in [-0.15, -0.1) is 0 Å². The van der Waals surface area contributed by atoms with E-state index in [1.54, 1.807) is 25.1 Å². The Morgan fingerprint density at radius 1 is 1.03 bits per heavy atom. The molecular weight excluding hydrogens is 444 g/mol. The molecule has 0 fully saturated rings. The normalized spacial score (nSPS) is 15.5. The van der Waals surface area contributed by atoms with Gasteiger partial charge in [0, 0.05) is 10.7 Å². The summed E-state index contributed by atoms with van der Waals surface area (Å²) in [5.41, 5.74) is 2.59. The van der Waals surface area contributed by atoms with Gasteiger partial charge < -0.3 is 24.8 Å². The van der Waals surface area contributed by atoms with Crippen molar-refractivity contribution in [2.75, 3.05) is 13.2 Å². The van der Waals surface area contributed by atoms with E-state index in [1.165, 1.54) is 0 Å². The molecule has 0 spiro atoms. The quantitative estimate of drug-likeness (QED) is 0.459. The number of allylic oxidation sites excluding steroid dienone is 1. The highest BCUT2D eigenvalue weighted by Gasteiger charge is 2.33. The maximum absolute atomic E-state index is 12.8. The van der Waals surface area contributed by atoms with Crippen molar-refractivity contribution in [1.29, 1.82) is 0 Å². The molecule has 33 heavy (non-hydrogen) atoms. The third-order valence-electron chi connectivity index (χ3n) is 5.03. The number of hydrogen-bond acceptors (Lipinski definition) is 5. The van der Waals surface area contributed by atoms with Crippen LogP contribution in [0.4, 0.5) is 4.79 Å². The molecule has 1 aliphatic rings. The van der Waals surface area contributed by atoms with Crippen LogP contribution in [0.5, 0.6) is 11.5 Å². The Hall–Kier alpha value is -3.19. The molecule has 0 saturated heterocycles. The van der Waals surface area contributed by atoms with Gasteiger partial charge >= 0.3 is 12.0 Å². The van der Waals surface area contributed by atoms with Crippen LogP contribution < -0.4 is 20.1 Å². The summed E-state index contributed by atoms with van der Waals surface area (Å²) >= 11 is 6.06. The first kappa shape index (κ1) is 24.5. The summed E-state index contributed by atoms with van der Waals surface area (Å²) in [4.78, 5) is 25.1. The van der Waals surface area contributed by atoms with E-state index in [9.17, 15) is 9.59 Å². The highest BCUT2D eigenvalue weighted by Crippen LogP contribution is 2.36. The first-order valence-electron chi connectivity index (χ1n) is 11.1. The zero-order valence-corrected chi connectivity index (χ0v) is 19.8. The SMILES string of the molecule is CCCC1=C(C(=O)OCC)C(c2ccc(OCc3cccc(Cl)c3)c(OCC)c2)NC(=O)N1. The van der Waals surface area contributed by atoms with E-state index in [1.807, 2.05) is 38.1 Å². The van der Waals surface area contributed by atoms with Crippen LogP contribution in [-0.4, -0.2) is 25.2 Å². The maximum atomic E-state index is 12.8. The molecule has 0 bridgehead atoms. The van der Waals surface area contributed by atoms with Gasteiger partial charge in [-0.2, -0.15) is 0 Å². The van der Waals surface area contributed by atoms with Gasteiger partial charge in [0.2, 0.25) is 0 Å². The Balaban J connectivity index is 1.94. The number of ether oxygens (including phenoxy) is 3. The van der Waals surface area contributed by atoms with Crippen molar-refractivity contribution >= 4 is 23.6 Å². The van der Waals surface area contributed by atoms with Crippen LogP contribution >= 0.6 is 11.6 Å². The van der Waals surface area contributed by atoms with Crippen LogP contribution in [0.1, 0.15) is 50.8 Å². The second-order valence-corrected chi connectivity index (χ2v) is 7.89.